The number of aliphatic hydroxyl groups excluding tert-OH is 2. The van der Waals surface area contributed by atoms with Gasteiger partial charge in [-0.05, 0) is 53.1 Å². The molecule has 0 radical (unpaired) electrons. The molecule has 0 aliphatic carbocycles. The number of pyridine rings is 3. The molecular weight excluding hydrogens is 530 g/mol. The van der Waals surface area contributed by atoms with Crippen LogP contribution in [0.25, 0.3) is 56.1 Å². The van der Waals surface area contributed by atoms with Crippen molar-refractivity contribution in [2.24, 2.45) is 0 Å². The van der Waals surface area contributed by atoms with Gasteiger partial charge in [0.2, 0.25) is 0 Å². The van der Waals surface area contributed by atoms with Crippen molar-refractivity contribution in [1.82, 2.24) is 29.5 Å². The Morgan fingerprint density at radius 1 is 0.810 bits per heavy atom. The van der Waals surface area contributed by atoms with Gasteiger partial charge in [0.1, 0.15) is 30.1 Å². The van der Waals surface area contributed by atoms with Gasteiger partial charge in [-0.2, -0.15) is 0 Å². The number of fused-ring (bicyclic) bond motifs is 1. The van der Waals surface area contributed by atoms with Crippen molar-refractivity contribution in [1.29, 1.82) is 0 Å². The first kappa shape index (κ1) is 25.9. The second-order valence-electron chi connectivity index (χ2n) is 10.2. The number of hydrogen-bond acceptors (Lipinski definition) is 9. The molecule has 1 aromatic carbocycles. The van der Waals surface area contributed by atoms with Crippen LogP contribution >= 0.6 is 0 Å². The maximum Gasteiger partial charge on any atom is 0.148 e. The summed E-state index contributed by atoms with van der Waals surface area (Å²) in [5, 5.41) is 20.6. The molecule has 4 N–H and O–H groups in total. The van der Waals surface area contributed by atoms with Gasteiger partial charge in [0.05, 0.1) is 40.9 Å². The second-order valence-corrected chi connectivity index (χ2v) is 10.2. The summed E-state index contributed by atoms with van der Waals surface area (Å²) in [5.74, 6) is 0.351. The molecule has 0 amide bonds. The summed E-state index contributed by atoms with van der Waals surface area (Å²) < 4.78 is 7.78. The molecule has 0 saturated carbocycles. The molecule has 6 heterocycles. The van der Waals surface area contributed by atoms with Crippen LogP contribution in [0.1, 0.15) is 12.6 Å². The third kappa shape index (κ3) is 4.67. The summed E-state index contributed by atoms with van der Waals surface area (Å²) in [6.45, 7) is -0.262. The number of anilines is 1. The Hall–Kier alpha value is -5.03. The van der Waals surface area contributed by atoms with E-state index in [-0.39, 0.29) is 6.61 Å². The van der Waals surface area contributed by atoms with Gasteiger partial charge < -0.3 is 25.3 Å². The number of aliphatic hydroxyl groups is 2. The van der Waals surface area contributed by atoms with E-state index in [1.807, 2.05) is 71.4 Å². The van der Waals surface area contributed by atoms with Crippen LogP contribution < -0.4 is 5.73 Å². The Labute approximate surface area is 241 Å². The van der Waals surface area contributed by atoms with E-state index in [0.717, 1.165) is 45.0 Å². The maximum atomic E-state index is 10.3. The van der Waals surface area contributed by atoms with Crippen molar-refractivity contribution in [3.8, 4) is 45.0 Å². The predicted molar refractivity (Wildman–Crippen MR) is 159 cm³/mol. The molecule has 1 saturated heterocycles. The van der Waals surface area contributed by atoms with E-state index in [1.54, 1.807) is 12.4 Å². The maximum absolute atomic E-state index is 10.3. The third-order valence-corrected chi connectivity index (χ3v) is 7.54. The van der Waals surface area contributed by atoms with Crippen molar-refractivity contribution in [3.05, 3.63) is 97.7 Å². The third-order valence-electron chi connectivity index (χ3n) is 7.54. The number of hydrogen-bond donors (Lipinski definition) is 3. The Kier molecular flexibility index (Phi) is 6.63. The van der Waals surface area contributed by atoms with Crippen molar-refractivity contribution in [3.63, 3.8) is 0 Å². The highest BCUT2D eigenvalue weighted by Gasteiger charge is 2.35. The first-order valence-electron chi connectivity index (χ1n) is 13.6. The minimum Gasteiger partial charge on any atom is -0.394 e. The van der Waals surface area contributed by atoms with Crippen LogP contribution in [0.5, 0.6) is 0 Å². The van der Waals surface area contributed by atoms with Crippen LogP contribution in [0.4, 0.5) is 5.82 Å². The van der Waals surface area contributed by atoms with Gasteiger partial charge in [0, 0.05) is 30.6 Å². The van der Waals surface area contributed by atoms with Gasteiger partial charge in [-0.25, -0.2) is 15.0 Å². The average Bonchev–Trinajstić information content (AvgIpc) is 3.63. The summed E-state index contributed by atoms with van der Waals surface area (Å²) in [5.41, 5.74) is 13.7. The van der Waals surface area contributed by atoms with Gasteiger partial charge in [0.25, 0.3) is 0 Å². The highest BCUT2D eigenvalue weighted by atomic mass is 16.5. The molecule has 208 valence electrons. The van der Waals surface area contributed by atoms with Gasteiger partial charge in [-0.15, -0.1) is 0 Å². The Morgan fingerprint density at radius 2 is 1.48 bits per heavy atom. The normalized spacial score (nSPS) is 18.5. The first-order chi connectivity index (χ1) is 20.6. The number of rotatable bonds is 6. The second kappa shape index (κ2) is 10.7. The summed E-state index contributed by atoms with van der Waals surface area (Å²) in [7, 11) is 0. The topological polar surface area (TPSA) is 145 Å². The lowest BCUT2D eigenvalue weighted by molar-refractivity contribution is -0.0430. The Balaban J connectivity index is 1.30. The van der Waals surface area contributed by atoms with Crippen LogP contribution in [0, 0.1) is 0 Å². The number of nitrogen functional groups attached to an aromatic ring is 1. The molecular formula is C32H27N7O3. The SMILES string of the molecule is Nc1ncnc2c1c(-c1ccc(-c3cc(-c4ccccn4)nc(-c4ccccn4)c3)cc1)cn2[C@H]1C[C@H](O)[C@@H](CO)O1. The van der Waals surface area contributed by atoms with E-state index in [0.29, 0.717) is 23.3 Å². The number of nitrogens with zero attached hydrogens (tertiary/aromatic N) is 6. The molecule has 1 aliphatic heterocycles. The Morgan fingerprint density at radius 3 is 2.07 bits per heavy atom. The largest absolute Gasteiger partial charge is 0.394 e. The van der Waals surface area contributed by atoms with Crippen LogP contribution in [0.3, 0.4) is 0 Å². The lowest BCUT2D eigenvalue weighted by Crippen LogP contribution is -2.24. The smallest absolute Gasteiger partial charge is 0.148 e. The highest BCUT2D eigenvalue weighted by Crippen LogP contribution is 2.39. The van der Waals surface area contributed by atoms with Crippen LogP contribution in [0.15, 0.2) is 97.7 Å². The molecule has 5 aromatic heterocycles. The lowest BCUT2D eigenvalue weighted by atomic mass is 9.99. The minimum absolute atomic E-state index is 0.262. The average molecular weight is 558 g/mol. The van der Waals surface area contributed by atoms with E-state index in [9.17, 15) is 10.2 Å². The van der Waals surface area contributed by atoms with E-state index in [4.69, 9.17) is 15.5 Å². The van der Waals surface area contributed by atoms with Gasteiger partial charge >= 0.3 is 0 Å². The standard InChI is InChI=1S/C32H27N7O3/c33-31-30-22(16-39(32(30)37-18-36-31)29-15-27(41)28(17-40)42-29)20-9-7-19(8-10-20)21-13-25(23-5-1-3-11-34-23)38-26(14-21)24-6-2-4-12-35-24/h1-14,16,18,27-29,40-41H,15,17H2,(H2,33,36,37)/t27-,28+,29+/m0/s1. The van der Waals surface area contributed by atoms with E-state index in [1.165, 1.54) is 6.33 Å². The zero-order valence-electron chi connectivity index (χ0n) is 22.4. The number of aromatic nitrogens is 6. The molecule has 6 aromatic rings. The van der Waals surface area contributed by atoms with Crippen LogP contribution in [-0.4, -0.2) is 58.5 Å². The molecule has 1 aliphatic rings. The van der Waals surface area contributed by atoms with E-state index in [2.05, 4.69) is 32.1 Å². The molecule has 10 heteroatoms. The predicted octanol–water partition coefficient (Wildman–Crippen LogP) is 4.51. The van der Waals surface area contributed by atoms with Crippen molar-refractivity contribution in [2.75, 3.05) is 12.3 Å². The summed E-state index contributed by atoms with van der Waals surface area (Å²) >= 11 is 0. The molecule has 42 heavy (non-hydrogen) atoms. The van der Waals surface area contributed by atoms with Gasteiger partial charge in [0.15, 0.2) is 0 Å². The number of nitrogens with two attached hydrogens (primary N) is 1. The lowest BCUT2D eigenvalue weighted by Gasteiger charge is -2.14. The molecule has 3 atom stereocenters. The zero-order chi connectivity index (χ0) is 28.6. The quantitative estimate of drug-likeness (QED) is 0.269. The van der Waals surface area contributed by atoms with Crippen LogP contribution in [-0.2, 0) is 4.74 Å². The summed E-state index contributed by atoms with van der Waals surface area (Å²) in [6, 6.07) is 23.8. The molecule has 7 rings (SSSR count). The molecule has 0 unspecified atom stereocenters. The molecule has 0 spiro atoms. The fourth-order valence-electron chi connectivity index (χ4n) is 5.43. The zero-order valence-corrected chi connectivity index (χ0v) is 22.4. The summed E-state index contributed by atoms with van der Waals surface area (Å²) in [4.78, 5) is 22.6. The molecule has 10 nitrogen and oxygen atoms in total. The van der Waals surface area contributed by atoms with Crippen molar-refractivity contribution in [2.45, 2.75) is 24.9 Å². The fraction of sp³-hybridized carbons (Fsp3) is 0.156. The minimum atomic E-state index is -0.772. The van der Waals surface area contributed by atoms with Crippen molar-refractivity contribution < 1.29 is 14.9 Å². The van der Waals surface area contributed by atoms with Gasteiger partial charge in [-0.3, -0.25) is 9.97 Å². The Bertz CT molecular complexity index is 1800. The van der Waals surface area contributed by atoms with Gasteiger partial charge in [-0.1, -0.05) is 36.4 Å². The highest BCUT2D eigenvalue weighted by molar-refractivity contribution is 6.00. The summed E-state index contributed by atoms with van der Waals surface area (Å²) in [6.07, 6.45) is 5.26. The van der Waals surface area contributed by atoms with Crippen LogP contribution in [0.2, 0.25) is 0 Å². The van der Waals surface area contributed by atoms with E-state index >= 15 is 0 Å². The van der Waals surface area contributed by atoms with Crippen molar-refractivity contribution >= 4 is 16.9 Å². The molecule has 0 bridgehead atoms. The fourth-order valence-corrected chi connectivity index (χ4v) is 5.43. The number of ether oxygens (including phenoxy) is 1. The first-order valence-corrected chi connectivity index (χ1v) is 13.6. The van der Waals surface area contributed by atoms with E-state index < -0.39 is 18.4 Å². The monoisotopic (exact) mass is 557 g/mol. The molecule has 1 fully saturated rings. The number of benzene rings is 1.